The minimum Gasteiger partial charge on any atom is -0.378 e. The lowest BCUT2D eigenvalue weighted by Gasteiger charge is -2.53. The van der Waals surface area contributed by atoms with Crippen molar-refractivity contribution < 1.29 is 13.9 Å². The monoisotopic (exact) mass is 348 g/mol. The zero-order valence-electron chi connectivity index (χ0n) is 15.4. The molecule has 25 heavy (non-hydrogen) atoms. The van der Waals surface area contributed by atoms with Crippen LogP contribution in [0.2, 0.25) is 0 Å². The fraction of sp³-hybridized carbons (Fsp3) is 0.650. The van der Waals surface area contributed by atoms with Crippen LogP contribution in [0.3, 0.4) is 0 Å². The molecule has 1 heterocycles. The molecule has 0 spiro atoms. The maximum absolute atomic E-state index is 13.8. The van der Waals surface area contributed by atoms with Crippen LogP contribution >= 0.6 is 0 Å². The lowest BCUT2D eigenvalue weighted by atomic mass is 9.64. The molecule has 0 unspecified atom stereocenters. The van der Waals surface area contributed by atoms with Crippen LogP contribution < -0.4 is 5.32 Å². The summed E-state index contributed by atoms with van der Waals surface area (Å²) in [5.74, 6) is -0.636. The Hall–Kier alpha value is -1.46. The number of carbonyl (C=O) groups excluding carboxylic acids is 1. The van der Waals surface area contributed by atoms with Gasteiger partial charge in [-0.05, 0) is 38.3 Å². The number of hydrogen-bond acceptors (Lipinski definition) is 3. The third-order valence-electron chi connectivity index (χ3n) is 5.87. The van der Waals surface area contributed by atoms with E-state index in [0.29, 0.717) is 31.3 Å². The predicted molar refractivity (Wildman–Crippen MR) is 96.1 cm³/mol. The molecule has 0 bridgehead atoms. The van der Waals surface area contributed by atoms with E-state index in [2.05, 4.69) is 19.2 Å². The fourth-order valence-electron chi connectivity index (χ4n) is 3.99. The summed E-state index contributed by atoms with van der Waals surface area (Å²) in [6, 6.07) is 7.09. The van der Waals surface area contributed by atoms with Gasteiger partial charge in [0.05, 0.1) is 11.7 Å². The summed E-state index contributed by atoms with van der Waals surface area (Å²) < 4.78 is 19.6. The molecule has 1 aliphatic heterocycles. The van der Waals surface area contributed by atoms with Gasteiger partial charge >= 0.3 is 0 Å². The van der Waals surface area contributed by atoms with E-state index in [4.69, 9.17) is 4.74 Å². The Morgan fingerprint density at radius 2 is 2.00 bits per heavy atom. The first-order valence-corrected chi connectivity index (χ1v) is 9.35. The Labute approximate surface area is 149 Å². The van der Waals surface area contributed by atoms with Gasteiger partial charge in [0.2, 0.25) is 0 Å². The highest BCUT2D eigenvalue weighted by atomic mass is 19.1. The zero-order valence-corrected chi connectivity index (χ0v) is 15.4. The largest absolute Gasteiger partial charge is 0.378 e. The Morgan fingerprint density at radius 1 is 1.32 bits per heavy atom. The van der Waals surface area contributed by atoms with E-state index in [1.807, 2.05) is 6.92 Å². The second-order valence-electron chi connectivity index (χ2n) is 7.77. The maximum atomic E-state index is 13.8. The molecule has 138 valence electrons. The Balaban J connectivity index is 1.50. The van der Waals surface area contributed by atoms with Gasteiger partial charge in [0.25, 0.3) is 5.91 Å². The molecule has 2 fully saturated rings. The first kappa shape index (κ1) is 18.3. The Bertz CT molecular complexity index is 611. The van der Waals surface area contributed by atoms with Gasteiger partial charge in [-0.15, -0.1) is 0 Å². The van der Waals surface area contributed by atoms with Crippen molar-refractivity contribution >= 4 is 5.91 Å². The summed E-state index contributed by atoms with van der Waals surface area (Å²) in [6.07, 6.45) is 3.20. The molecule has 1 aliphatic carbocycles. The molecule has 1 saturated heterocycles. The van der Waals surface area contributed by atoms with Crippen LogP contribution in [-0.4, -0.2) is 48.7 Å². The SMILES string of the molecule is CCO[C@@H]1C[C@@H](NC2CCN(C(=O)c3ccccc3F)CC2)C1(C)C. The second kappa shape index (κ2) is 7.42. The van der Waals surface area contributed by atoms with Crippen LogP contribution in [0.4, 0.5) is 4.39 Å². The van der Waals surface area contributed by atoms with E-state index in [1.165, 1.54) is 6.07 Å². The summed E-state index contributed by atoms with van der Waals surface area (Å²) in [6.45, 7) is 8.66. The summed E-state index contributed by atoms with van der Waals surface area (Å²) in [7, 11) is 0. The van der Waals surface area contributed by atoms with Gasteiger partial charge in [0.1, 0.15) is 5.82 Å². The average Bonchev–Trinajstić information content (AvgIpc) is 2.61. The number of piperidine rings is 1. The highest BCUT2D eigenvalue weighted by molar-refractivity contribution is 5.94. The molecule has 0 radical (unpaired) electrons. The second-order valence-corrected chi connectivity index (χ2v) is 7.77. The number of hydrogen-bond donors (Lipinski definition) is 1. The Kier molecular flexibility index (Phi) is 5.44. The molecule has 1 saturated carbocycles. The lowest BCUT2D eigenvalue weighted by Crippen LogP contribution is -2.63. The third kappa shape index (κ3) is 3.72. The number of halogens is 1. The van der Waals surface area contributed by atoms with E-state index < -0.39 is 5.82 Å². The van der Waals surface area contributed by atoms with Gasteiger partial charge in [-0.2, -0.15) is 0 Å². The van der Waals surface area contributed by atoms with Gasteiger partial charge in [-0.1, -0.05) is 26.0 Å². The maximum Gasteiger partial charge on any atom is 0.256 e. The summed E-state index contributed by atoms with van der Waals surface area (Å²) in [5, 5.41) is 3.75. The molecular formula is C20H29FN2O2. The molecule has 5 heteroatoms. The molecule has 3 rings (SSSR count). The van der Waals surface area contributed by atoms with E-state index in [9.17, 15) is 9.18 Å². The van der Waals surface area contributed by atoms with Gasteiger partial charge in [-0.25, -0.2) is 4.39 Å². The third-order valence-corrected chi connectivity index (χ3v) is 5.87. The smallest absolute Gasteiger partial charge is 0.256 e. The number of nitrogens with one attached hydrogen (secondary N) is 1. The number of carbonyl (C=O) groups is 1. The molecule has 1 N–H and O–H groups in total. The Morgan fingerprint density at radius 3 is 2.60 bits per heavy atom. The fourth-order valence-corrected chi connectivity index (χ4v) is 3.99. The number of rotatable bonds is 5. The first-order chi connectivity index (χ1) is 11.9. The topological polar surface area (TPSA) is 41.6 Å². The zero-order chi connectivity index (χ0) is 18.0. The predicted octanol–water partition coefficient (Wildman–Crippen LogP) is 3.22. The number of ether oxygens (including phenoxy) is 1. The van der Waals surface area contributed by atoms with E-state index in [1.54, 1.807) is 23.1 Å². The molecule has 4 nitrogen and oxygen atoms in total. The van der Waals surface area contributed by atoms with Crippen LogP contribution in [0, 0.1) is 11.2 Å². The standard InChI is InChI=1S/C20H29FN2O2/c1-4-25-18-13-17(20(18,2)3)22-14-9-11-23(12-10-14)19(24)15-7-5-6-8-16(15)21/h5-8,14,17-18,22H,4,9-13H2,1-3H3/t17-,18-/m1/s1. The molecular weight excluding hydrogens is 319 g/mol. The van der Waals surface area contributed by atoms with Crippen molar-refractivity contribution in [1.82, 2.24) is 10.2 Å². The lowest BCUT2D eigenvalue weighted by molar-refractivity contribution is -0.117. The molecule has 2 atom stereocenters. The molecule has 0 aromatic heterocycles. The van der Waals surface area contributed by atoms with Crippen molar-refractivity contribution in [3.05, 3.63) is 35.6 Å². The van der Waals surface area contributed by atoms with Crippen LogP contribution in [0.5, 0.6) is 0 Å². The normalized spacial score (nSPS) is 26.3. The first-order valence-electron chi connectivity index (χ1n) is 9.35. The van der Waals surface area contributed by atoms with Gasteiger partial charge in [-0.3, -0.25) is 4.79 Å². The quantitative estimate of drug-likeness (QED) is 0.888. The van der Waals surface area contributed by atoms with Gasteiger partial charge in [0.15, 0.2) is 0 Å². The van der Waals surface area contributed by atoms with Gasteiger partial charge < -0.3 is 15.0 Å². The number of benzene rings is 1. The highest BCUT2D eigenvalue weighted by Gasteiger charge is 2.49. The number of nitrogens with zero attached hydrogens (tertiary/aromatic N) is 1. The van der Waals surface area contributed by atoms with Crippen molar-refractivity contribution in [2.75, 3.05) is 19.7 Å². The minimum atomic E-state index is -0.439. The van der Waals surface area contributed by atoms with Crippen LogP contribution in [0.15, 0.2) is 24.3 Å². The van der Waals surface area contributed by atoms with E-state index >= 15 is 0 Å². The van der Waals surface area contributed by atoms with Crippen molar-refractivity contribution in [2.24, 2.45) is 5.41 Å². The van der Waals surface area contributed by atoms with Crippen molar-refractivity contribution in [2.45, 2.75) is 58.2 Å². The summed E-state index contributed by atoms with van der Waals surface area (Å²) in [5.41, 5.74) is 0.324. The molecule has 1 aromatic rings. The summed E-state index contributed by atoms with van der Waals surface area (Å²) >= 11 is 0. The van der Waals surface area contributed by atoms with Crippen molar-refractivity contribution in [1.29, 1.82) is 0 Å². The summed E-state index contributed by atoms with van der Waals surface area (Å²) in [4.78, 5) is 14.3. The molecule has 2 aliphatic rings. The van der Waals surface area contributed by atoms with Gasteiger partial charge in [0, 0.05) is 37.2 Å². The average molecular weight is 348 g/mol. The molecule has 1 amide bonds. The van der Waals surface area contributed by atoms with Crippen molar-refractivity contribution in [3.8, 4) is 0 Å². The van der Waals surface area contributed by atoms with Crippen LogP contribution in [-0.2, 0) is 4.74 Å². The van der Waals surface area contributed by atoms with Crippen molar-refractivity contribution in [3.63, 3.8) is 0 Å². The number of amides is 1. The highest BCUT2D eigenvalue weighted by Crippen LogP contribution is 2.43. The van der Waals surface area contributed by atoms with Crippen LogP contribution in [0.25, 0.3) is 0 Å². The van der Waals surface area contributed by atoms with E-state index in [0.717, 1.165) is 25.9 Å². The number of likely N-dealkylation sites (tertiary alicyclic amines) is 1. The molecule has 1 aromatic carbocycles. The van der Waals surface area contributed by atoms with E-state index in [-0.39, 0.29) is 16.9 Å². The van der Waals surface area contributed by atoms with Crippen LogP contribution in [0.1, 0.15) is 50.4 Å². The minimum absolute atomic E-state index is 0.149.